The lowest BCUT2D eigenvalue weighted by Gasteiger charge is -2.11. The van der Waals surface area contributed by atoms with Gasteiger partial charge in [0.25, 0.3) is 0 Å². The van der Waals surface area contributed by atoms with Gasteiger partial charge >= 0.3 is 0 Å². The van der Waals surface area contributed by atoms with Gasteiger partial charge in [-0.25, -0.2) is 0 Å². The molecule has 0 bridgehead atoms. The van der Waals surface area contributed by atoms with E-state index in [1.54, 1.807) is 0 Å². The number of hydrogen-bond donors (Lipinski definition) is 1. The molecule has 0 heterocycles. The number of Topliss-reactive ketones (excluding diaryl/α,β-unsaturated/α-hetero) is 1. The van der Waals surface area contributed by atoms with E-state index in [1.165, 1.54) is 5.56 Å². The van der Waals surface area contributed by atoms with Gasteiger partial charge < -0.3 is 5.32 Å². The zero-order valence-corrected chi connectivity index (χ0v) is 10.9. The largest absolute Gasteiger partial charge is 0.306 e. The predicted molar refractivity (Wildman–Crippen MR) is 71.8 cm³/mol. The molecule has 0 unspecified atom stereocenters. The van der Waals surface area contributed by atoms with Crippen molar-refractivity contribution >= 4 is 5.78 Å². The molecule has 0 aromatic heterocycles. The van der Waals surface area contributed by atoms with Crippen LogP contribution in [0.2, 0.25) is 0 Å². The maximum Gasteiger partial charge on any atom is 0.146 e. The fourth-order valence-electron chi connectivity index (χ4n) is 1.91. The molecule has 0 saturated heterocycles. The Labute approximate surface area is 104 Å². The second-order valence-corrected chi connectivity index (χ2v) is 4.51. The van der Waals surface area contributed by atoms with Gasteiger partial charge in [-0.2, -0.15) is 0 Å². The SMILES string of the molecule is CCC(CC)CC(=O)CNCc1ccccc1. The Bertz CT molecular complexity index is 317. The van der Waals surface area contributed by atoms with E-state index >= 15 is 0 Å². The molecule has 2 heteroatoms. The normalized spacial score (nSPS) is 10.8. The van der Waals surface area contributed by atoms with E-state index in [0.717, 1.165) is 25.8 Å². The number of rotatable bonds is 8. The van der Waals surface area contributed by atoms with Gasteiger partial charge in [-0.15, -0.1) is 0 Å². The van der Waals surface area contributed by atoms with Gasteiger partial charge in [0.15, 0.2) is 0 Å². The van der Waals surface area contributed by atoms with Crippen LogP contribution in [0, 0.1) is 5.92 Å². The zero-order valence-electron chi connectivity index (χ0n) is 10.9. The maximum atomic E-state index is 11.7. The summed E-state index contributed by atoms with van der Waals surface area (Å²) >= 11 is 0. The quantitative estimate of drug-likeness (QED) is 0.747. The summed E-state index contributed by atoms with van der Waals surface area (Å²) in [6.45, 7) is 5.57. The molecule has 1 N–H and O–H groups in total. The molecule has 1 aromatic carbocycles. The zero-order chi connectivity index (χ0) is 12.5. The van der Waals surface area contributed by atoms with Crippen molar-refractivity contribution in [1.29, 1.82) is 0 Å². The van der Waals surface area contributed by atoms with Crippen LogP contribution in [-0.2, 0) is 11.3 Å². The highest BCUT2D eigenvalue weighted by atomic mass is 16.1. The third kappa shape index (κ3) is 5.64. The predicted octanol–water partition coefficient (Wildman–Crippen LogP) is 3.17. The van der Waals surface area contributed by atoms with Gasteiger partial charge in [-0.05, 0) is 11.5 Å². The highest BCUT2D eigenvalue weighted by molar-refractivity contribution is 5.80. The molecule has 1 aromatic rings. The van der Waals surface area contributed by atoms with Crippen molar-refractivity contribution in [3.63, 3.8) is 0 Å². The van der Waals surface area contributed by atoms with Crippen LogP contribution < -0.4 is 5.32 Å². The summed E-state index contributed by atoms with van der Waals surface area (Å²) in [4.78, 5) is 11.7. The van der Waals surface area contributed by atoms with Gasteiger partial charge in [0, 0.05) is 13.0 Å². The fraction of sp³-hybridized carbons (Fsp3) is 0.533. The smallest absolute Gasteiger partial charge is 0.146 e. The fourth-order valence-corrected chi connectivity index (χ4v) is 1.91. The minimum absolute atomic E-state index is 0.328. The molecule has 0 atom stereocenters. The van der Waals surface area contributed by atoms with Crippen molar-refractivity contribution < 1.29 is 4.79 Å². The van der Waals surface area contributed by atoms with Crippen LogP contribution in [0.5, 0.6) is 0 Å². The van der Waals surface area contributed by atoms with Crippen molar-refractivity contribution in [2.24, 2.45) is 5.92 Å². The molecule has 0 aliphatic rings. The summed E-state index contributed by atoms with van der Waals surface area (Å²) in [6.07, 6.45) is 2.91. The summed E-state index contributed by atoms with van der Waals surface area (Å²) in [6, 6.07) is 10.2. The van der Waals surface area contributed by atoms with E-state index in [-0.39, 0.29) is 0 Å². The van der Waals surface area contributed by atoms with Crippen molar-refractivity contribution in [2.75, 3.05) is 6.54 Å². The molecule has 0 radical (unpaired) electrons. The van der Waals surface area contributed by atoms with Crippen molar-refractivity contribution in [3.05, 3.63) is 35.9 Å². The number of hydrogen-bond acceptors (Lipinski definition) is 2. The maximum absolute atomic E-state index is 11.7. The highest BCUT2D eigenvalue weighted by Gasteiger charge is 2.09. The van der Waals surface area contributed by atoms with E-state index < -0.39 is 0 Å². The highest BCUT2D eigenvalue weighted by Crippen LogP contribution is 2.12. The first-order valence-corrected chi connectivity index (χ1v) is 6.52. The van der Waals surface area contributed by atoms with Gasteiger partial charge in [0.05, 0.1) is 6.54 Å². The molecular weight excluding hydrogens is 210 g/mol. The number of carbonyl (C=O) groups excluding carboxylic acids is 1. The molecule has 1 rings (SSSR count). The molecule has 0 aliphatic heterocycles. The van der Waals surface area contributed by atoms with Crippen LogP contribution in [0.1, 0.15) is 38.7 Å². The topological polar surface area (TPSA) is 29.1 Å². The van der Waals surface area contributed by atoms with E-state index in [1.807, 2.05) is 18.2 Å². The molecule has 94 valence electrons. The summed E-state index contributed by atoms with van der Waals surface area (Å²) in [5.41, 5.74) is 1.22. The van der Waals surface area contributed by atoms with Crippen molar-refractivity contribution in [1.82, 2.24) is 5.32 Å². The van der Waals surface area contributed by atoms with Crippen molar-refractivity contribution in [3.8, 4) is 0 Å². The van der Waals surface area contributed by atoms with Crippen LogP contribution >= 0.6 is 0 Å². The van der Waals surface area contributed by atoms with Crippen LogP contribution in [0.3, 0.4) is 0 Å². The van der Waals surface area contributed by atoms with Crippen LogP contribution in [0.25, 0.3) is 0 Å². The lowest BCUT2D eigenvalue weighted by atomic mass is 9.97. The molecule has 0 fully saturated rings. The third-order valence-electron chi connectivity index (χ3n) is 3.17. The van der Waals surface area contributed by atoms with Crippen LogP contribution in [0.15, 0.2) is 30.3 Å². The lowest BCUT2D eigenvalue weighted by molar-refractivity contribution is -0.119. The minimum atomic E-state index is 0.328. The number of ketones is 1. The first-order chi connectivity index (χ1) is 8.26. The summed E-state index contributed by atoms with van der Waals surface area (Å²) in [5, 5.41) is 3.21. The monoisotopic (exact) mass is 233 g/mol. The molecule has 17 heavy (non-hydrogen) atoms. The van der Waals surface area contributed by atoms with Crippen molar-refractivity contribution in [2.45, 2.75) is 39.7 Å². The lowest BCUT2D eigenvalue weighted by Crippen LogP contribution is -2.24. The van der Waals surface area contributed by atoms with Gasteiger partial charge in [-0.1, -0.05) is 57.0 Å². The average molecular weight is 233 g/mol. The third-order valence-corrected chi connectivity index (χ3v) is 3.17. The first kappa shape index (κ1) is 13.9. The Morgan fingerprint density at radius 1 is 1.18 bits per heavy atom. The molecule has 2 nitrogen and oxygen atoms in total. The van der Waals surface area contributed by atoms with E-state index in [0.29, 0.717) is 18.2 Å². The molecule has 0 aliphatic carbocycles. The Morgan fingerprint density at radius 2 is 1.82 bits per heavy atom. The van der Waals surface area contributed by atoms with Crippen LogP contribution in [-0.4, -0.2) is 12.3 Å². The number of nitrogens with one attached hydrogen (secondary N) is 1. The van der Waals surface area contributed by atoms with E-state index in [9.17, 15) is 4.79 Å². The molecule has 0 spiro atoms. The Balaban J connectivity index is 2.20. The number of benzene rings is 1. The summed E-state index contributed by atoms with van der Waals surface area (Å²) < 4.78 is 0. The Kier molecular flexibility index (Phi) is 6.56. The standard InChI is InChI=1S/C15H23NO/c1-3-13(4-2)10-15(17)12-16-11-14-8-6-5-7-9-14/h5-9,13,16H,3-4,10-12H2,1-2H3. The summed E-state index contributed by atoms with van der Waals surface area (Å²) in [7, 11) is 0. The first-order valence-electron chi connectivity index (χ1n) is 6.52. The van der Waals surface area contributed by atoms with E-state index in [2.05, 4.69) is 31.3 Å². The molecule has 0 saturated carbocycles. The molecular formula is C15H23NO. The van der Waals surface area contributed by atoms with Gasteiger partial charge in [0.2, 0.25) is 0 Å². The number of carbonyl (C=O) groups is 1. The second kappa shape index (κ2) is 8.02. The van der Waals surface area contributed by atoms with Gasteiger partial charge in [0.1, 0.15) is 5.78 Å². The average Bonchev–Trinajstić information content (AvgIpc) is 2.37. The minimum Gasteiger partial charge on any atom is -0.306 e. The van der Waals surface area contributed by atoms with E-state index in [4.69, 9.17) is 0 Å². The summed E-state index contributed by atoms with van der Waals surface area (Å²) in [5.74, 6) is 0.885. The second-order valence-electron chi connectivity index (χ2n) is 4.51. The molecule has 0 amide bonds. The van der Waals surface area contributed by atoms with Gasteiger partial charge in [-0.3, -0.25) is 4.79 Å². The van der Waals surface area contributed by atoms with Crippen LogP contribution in [0.4, 0.5) is 0 Å². The Morgan fingerprint density at radius 3 is 2.41 bits per heavy atom. The Hall–Kier alpha value is -1.15.